The molecule has 1 aliphatic heterocycles. The van der Waals surface area contributed by atoms with Gasteiger partial charge in [-0.25, -0.2) is 4.68 Å². The molecule has 0 radical (unpaired) electrons. The number of anilines is 1. The van der Waals surface area contributed by atoms with E-state index in [1.807, 2.05) is 22.9 Å². The average molecular weight is 395 g/mol. The van der Waals surface area contributed by atoms with Crippen molar-refractivity contribution in [2.75, 3.05) is 25.5 Å². The van der Waals surface area contributed by atoms with Gasteiger partial charge in [-0.1, -0.05) is 5.16 Å². The number of carbonyl (C=O) groups excluding carboxylic acids is 1. The first-order valence-corrected chi connectivity index (χ1v) is 9.94. The number of amides is 1. The number of carbonyl (C=O) groups is 1. The molecule has 3 aromatic heterocycles. The Balaban J connectivity index is 1.26. The summed E-state index contributed by atoms with van der Waals surface area (Å²) in [5, 5.41) is 11.4. The van der Waals surface area contributed by atoms with Crippen LogP contribution in [0.4, 0.5) is 5.82 Å². The lowest BCUT2D eigenvalue weighted by molar-refractivity contribution is -0.116. The van der Waals surface area contributed by atoms with Crippen LogP contribution < -0.4 is 5.32 Å². The molecule has 0 aliphatic carbocycles. The van der Waals surface area contributed by atoms with E-state index in [0.29, 0.717) is 37.0 Å². The van der Waals surface area contributed by atoms with Gasteiger partial charge in [0.05, 0.1) is 12.2 Å². The molecular formula is C20H25N7O2. The summed E-state index contributed by atoms with van der Waals surface area (Å²) in [4.78, 5) is 23.1. The molecule has 1 fully saturated rings. The molecule has 1 N–H and O–H groups in total. The van der Waals surface area contributed by atoms with Crippen molar-refractivity contribution in [3.63, 3.8) is 0 Å². The van der Waals surface area contributed by atoms with Gasteiger partial charge in [0.2, 0.25) is 17.6 Å². The molecule has 4 heterocycles. The number of nitrogens with zero attached hydrogens (tertiary/aromatic N) is 6. The van der Waals surface area contributed by atoms with Crippen LogP contribution in [-0.2, 0) is 11.2 Å². The molecule has 1 saturated heterocycles. The molecule has 0 atom stereocenters. The maximum absolute atomic E-state index is 12.4. The van der Waals surface area contributed by atoms with Crippen LogP contribution in [0.3, 0.4) is 0 Å². The van der Waals surface area contributed by atoms with Gasteiger partial charge < -0.3 is 14.7 Å². The van der Waals surface area contributed by atoms with E-state index in [0.717, 1.165) is 37.3 Å². The van der Waals surface area contributed by atoms with Crippen LogP contribution in [-0.4, -0.2) is 55.8 Å². The van der Waals surface area contributed by atoms with Crippen molar-refractivity contribution >= 4 is 11.7 Å². The molecule has 1 amide bonds. The molecule has 152 valence electrons. The summed E-state index contributed by atoms with van der Waals surface area (Å²) in [6.45, 7) is 2.09. The second-order valence-electron chi connectivity index (χ2n) is 7.34. The maximum Gasteiger partial charge on any atom is 0.226 e. The lowest BCUT2D eigenvalue weighted by Gasteiger charge is -2.30. The monoisotopic (exact) mass is 395 g/mol. The summed E-state index contributed by atoms with van der Waals surface area (Å²) in [5.74, 6) is 1.80. The van der Waals surface area contributed by atoms with Crippen molar-refractivity contribution in [1.29, 1.82) is 0 Å². The van der Waals surface area contributed by atoms with Crippen molar-refractivity contribution in [2.24, 2.45) is 0 Å². The fourth-order valence-electron chi connectivity index (χ4n) is 3.52. The number of piperidine rings is 1. The SMILES string of the molecule is CN1CCC(n2nccc2NC(=O)CCCc2nc(-c3ccncc3)no2)CC1. The molecule has 0 unspecified atom stereocenters. The second-order valence-corrected chi connectivity index (χ2v) is 7.34. The summed E-state index contributed by atoms with van der Waals surface area (Å²) in [7, 11) is 2.13. The molecule has 9 nitrogen and oxygen atoms in total. The summed E-state index contributed by atoms with van der Waals surface area (Å²) in [6.07, 6.45) is 8.76. The Bertz CT molecular complexity index is 929. The van der Waals surface area contributed by atoms with E-state index in [1.54, 1.807) is 18.6 Å². The number of hydrogen-bond acceptors (Lipinski definition) is 7. The minimum Gasteiger partial charge on any atom is -0.339 e. The molecule has 0 spiro atoms. The molecule has 0 aromatic carbocycles. The van der Waals surface area contributed by atoms with Gasteiger partial charge in [-0.15, -0.1) is 0 Å². The van der Waals surface area contributed by atoms with Gasteiger partial charge in [0, 0.05) is 36.9 Å². The van der Waals surface area contributed by atoms with Gasteiger partial charge in [-0.3, -0.25) is 9.78 Å². The zero-order valence-corrected chi connectivity index (χ0v) is 16.5. The largest absolute Gasteiger partial charge is 0.339 e. The number of aromatic nitrogens is 5. The third kappa shape index (κ3) is 4.86. The number of hydrogen-bond donors (Lipinski definition) is 1. The second kappa shape index (κ2) is 8.95. The summed E-state index contributed by atoms with van der Waals surface area (Å²) in [5.41, 5.74) is 0.856. The van der Waals surface area contributed by atoms with Gasteiger partial charge in [0.15, 0.2) is 0 Å². The van der Waals surface area contributed by atoms with E-state index in [1.165, 1.54) is 0 Å². The maximum atomic E-state index is 12.4. The highest BCUT2D eigenvalue weighted by molar-refractivity contribution is 5.89. The minimum atomic E-state index is -0.0337. The van der Waals surface area contributed by atoms with Gasteiger partial charge in [-0.05, 0) is 51.5 Å². The normalized spacial score (nSPS) is 15.5. The van der Waals surface area contributed by atoms with Crippen LogP contribution in [0.1, 0.15) is 37.6 Å². The number of pyridine rings is 1. The van der Waals surface area contributed by atoms with Gasteiger partial charge >= 0.3 is 0 Å². The van der Waals surface area contributed by atoms with Crippen LogP contribution >= 0.6 is 0 Å². The number of aryl methyl sites for hydroxylation is 1. The fourth-order valence-corrected chi connectivity index (χ4v) is 3.52. The lowest BCUT2D eigenvalue weighted by Crippen LogP contribution is -2.32. The van der Waals surface area contributed by atoms with Crippen molar-refractivity contribution in [2.45, 2.75) is 38.1 Å². The van der Waals surface area contributed by atoms with Crippen LogP contribution in [0.25, 0.3) is 11.4 Å². The van der Waals surface area contributed by atoms with Crippen LogP contribution in [0.15, 0.2) is 41.3 Å². The molecule has 9 heteroatoms. The average Bonchev–Trinajstić information content (AvgIpc) is 3.39. The molecule has 1 aliphatic rings. The minimum absolute atomic E-state index is 0.0337. The van der Waals surface area contributed by atoms with E-state index in [2.05, 4.69) is 37.5 Å². The van der Waals surface area contributed by atoms with E-state index in [-0.39, 0.29) is 5.91 Å². The van der Waals surface area contributed by atoms with Gasteiger partial charge in [-0.2, -0.15) is 10.1 Å². The highest BCUT2D eigenvalue weighted by Crippen LogP contribution is 2.24. The Morgan fingerprint density at radius 1 is 1.21 bits per heavy atom. The standard InChI is InChI=1S/C20H25N7O2/c1-26-13-8-16(9-14-26)27-17(7-12-22-27)23-18(28)3-2-4-19-24-20(25-29-19)15-5-10-21-11-6-15/h5-7,10-12,16H,2-4,8-9,13-14H2,1H3,(H,23,28). The molecular weight excluding hydrogens is 370 g/mol. The smallest absolute Gasteiger partial charge is 0.226 e. The summed E-state index contributed by atoms with van der Waals surface area (Å²) >= 11 is 0. The van der Waals surface area contributed by atoms with Crippen molar-refractivity contribution < 1.29 is 9.32 Å². The Morgan fingerprint density at radius 3 is 2.79 bits per heavy atom. The Morgan fingerprint density at radius 2 is 2.00 bits per heavy atom. The van der Waals surface area contributed by atoms with Crippen molar-refractivity contribution in [3.8, 4) is 11.4 Å². The first-order chi connectivity index (χ1) is 14.2. The van der Waals surface area contributed by atoms with Gasteiger partial charge in [0.25, 0.3) is 0 Å². The van der Waals surface area contributed by atoms with E-state index < -0.39 is 0 Å². The lowest BCUT2D eigenvalue weighted by atomic mass is 10.1. The molecule has 0 bridgehead atoms. The molecule has 29 heavy (non-hydrogen) atoms. The molecule has 3 aromatic rings. The Hall–Kier alpha value is -3.07. The first kappa shape index (κ1) is 19.3. The van der Waals surface area contributed by atoms with Crippen molar-refractivity contribution in [1.82, 2.24) is 29.8 Å². The van der Waals surface area contributed by atoms with Gasteiger partial charge in [0.1, 0.15) is 5.82 Å². The van der Waals surface area contributed by atoms with Crippen LogP contribution in [0, 0.1) is 0 Å². The van der Waals surface area contributed by atoms with Crippen LogP contribution in [0.2, 0.25) is 0 Å². The molecule has 4 rings (SSSR count). The topological polar surface area (TPSA) is 102 Å². The van der Waals surface area contributed by atoms with E-state index in [9.17, 15) is 4.79 Å². The predicted molar refractivity (Wildman–Crippen MR) is 107 cm³/mol. The highest BCUT2D eigenvalue weighted by atomic mass is 16.5. The fraction of sp³-hybridized carbons (Fsp3) is 0.450. The zero-order chi connectivity index (χ0) is 20.1. The third-order valence-corrected chi connectivity index (χ3v) is 5.17. The van der Waals surface area contributed by atoms with Crippen molar-refractivity contribution in [3.05, 3.63) is 42.7 Å². The number of rotatable bonds is 7. The quantitative estimate of drug-likeness (QED) is 0.656. The zero-order valence-electron chi connectivity index (χ0n) is 16.5. The number of nitrogens with one attached hydrogen (secondary N) is 1. The third-order valence-electron chi connectivity index (χ3n) is 5.17. The summed E-state index contributed by atoms with van der Waals surface area (Å²) in [6, 6.07) is 5.85. The number of likely N-dealkylation sites (tertiary alicyclic amines) is 1. The van der Waals surface area contributed by atoms with E-state index in [4.69, 9.17) is 4.52 Å². The Kier molecular flexibility index (Phi) is 5.95. The first-order valence-electron chi connectivity index (χ1n) is 9.94. The summed E-state index contributed by atoms with van der Waals surface area (Å²) < 4.78 is 7.23. The predicted octanol–water partition coefficient (Wildman–Crippen LogP) is 2.56. The highest BCUT2D eigenvalue weighted by Gasteiger charge is 2.21. The van der Waals surface area contributed by atoms with Crippen LogP contribution in [0.5, 0.6) is 0 Å². The van der Waals surface area contributed by atoms with E-state index >= 15 is 0 Å². The molecule has 0 saturated carbocycles. The Labute approximate surface area is 169 Å².